The van der Waals surface area contributed by atoms with Gasteiger partial charge in [-0.1, -0.05) is 32.0 Å². The van der Waals surface area contributed by atoms with Crippen molar-refractivity contribution in [2.45, 2.75) is 32.4 Å². The Labute approximate surface area is 148 Å². The number of benzene rings is 1. The highest BCUT2D eigenvalue weighted by Crippen LogP contribution is 2.52. The van der Waals surface area contributed by atoms with E-state index >= 15 is 0 Å². The molecule has 1 aliphatic rings. The number of rotatable bonds is 2. The van der Waals surface area contributed by atoms with Crippen LogP contribution in [0.1, 0.15) is 36.2 Å². The van der Waals surface area contributed by atoms with Crippen molar-refractivity contribution in [1.82, 2.24) is 10.2 Å². The van der Waals surface area contributed by atoms with Crippen molar-refractivity contribution in [2.75, 3.05) is 0 Å². The molecule has 0 amide bonds. The summed E-state index contributed by atoms with van der Waals surface area (Å²) < 4.78 is 45.3. The van der Waals surface area contributed by atoms with Crippen molar-refractivity contribution in [3.63, 3.8) is 0 Å². The van der Waals surface area contributed by atoms with E-state index in [1.807, 2.05) is 19.9 Å². The zero-order valence-corrected chi connectivity index (χ0v) is 14.4. The highest BCUT2D eigenvalue weighted by atomic mass is 19.4. The van der Waals surface area contributed by atoms with E-state index in [9.17, 15) is 18.4 Å². The second-order valence-electron chi connectivity index (χ2n) is 6.51. The van der Waals surface area contributed by atoms with Crippen molar-refractivity contribution in [3.05, 3.63) is 58.1 Å². The molecule has 0 saturated carbocycles. The van der Waals surface area contributed by atoms with E-state index in [2.05, 4.69) is 10.2 Å². The predicted molar refractivity (Wildman–Crippen MR) is 87.8 cm³/mol. The summed E-state index contributed by atoms with van der Waals surface area (Å²) >= 11 is 0. The highest BCUT2D eigenvalue weighted by molar-refractivity contribution is 5.61. The fourth-order valence-corrected chi connectivity index (χ4v) is 3.71. The van der Waals surface area contributed by atoms with Gasteiger partial charge < -0.3 is 10.5 Å². The van der Waals surface area contributed by atoms with Gasteiger partial charge in [0.2, 0.25) is 11.8 Å². The summed E-state index contributed by atoms with van der Waals surface area (Å²) in [6.45, 7) is 5.36. The van der Waals surface area contributed by atoms with Gasteiger partial charge in [0.15, 0.2) is 0 Å². The highest BCUT2D eigenvalue weighted by Gasteiger charge is 2.51. The Morgan fingerprint density at radius 2 is 2.04 bits per heavy atom. The monoisotopic (exact) mass is 362 g/mol. The van der Waals surface area contributed by atoms with Crippen molar-refractivity contribution in [1.29, 1.82) is 5.26 Å². The smallest absolute Gasteiger partial charge is 0.416 e. The van der Waals surface area contributed by atoms with Crippen LogP contribution >= 0.6 is 0 Å². The molecule has 1 aromatic heterocycles. The van der Waals surface area contributed by atoms with Crippen LogP contribution in [0, 0.1) is 24.2 Å². The van der Waals surface area contributed by atoms with Gasteiger partial charge in [-0.2, -0.15) is 23.5 Å². The van der Waals surface area contributed by atoms with E-state index in [0.29, 0.717) is 16.8 Å². The number of H-pyrrole nitrogens is 1. The molecule has 3 N–H and O–H groups in total. The zero-order chi connectivity index (χ0) is 19.3. The topological polar surface area (TPSA) is 87.7 Å². The fraction of sp³-hybridized carbons (Fsp3) is 0.333. The summed E-state index contributed by atoms with van der Waals surface area (Å²) in [7, 11) is 0. The number of aromatic nitrogens is 2. The van der Waals surface area contributed by atoms with Crippen LogP contribution in [0.15, 0.2) is 35.7 Å². The lowest BCUT2D eigenvalue weighted by Gasteiger charge is -2.41. The lowest BCUT2D eigenvalue weighted by Crippen LogP contribution is -2.41. The number of fused-ring (bicyclic) bond motifs is 1. The minimum atomic E-state index is -4.50. The van der Waals surface area contributed by atoms with Gasteiger partial charge in [-0.05, 0) is 24.5 Å². The third-order valence-corrected chi connectivity index (χ3v) is 4.78. The van der Waals surface area contributed by atoms with Gasteiger partial charge >= 0.3 is 6.18 Å². The average Bonchev–Trinajstić information content (AvgIpc) is 2.93. The molecule has 0 saturated heterocycles. The number of nitrogens with zero attached hydrogens (tertiary/aromatic N) is 2. The van der Waals surface area contributed by atoms with Gasteiger partial charge in [0.25, 0.3) is 0 Å². The number of nitrogens with one attached hydrogen (secondary N) is 1. The van der Waals surface area contributed by atoms with E-state index < -0.39 is 17.2 Å². The van der Waals surface area contributed by atoms with Crippen LogP contribution in [0.4, 0.5) is 13.2 Å². The molecule has 1 unspecified atom stereocenters. The first-order chi connectivity index (χ1) is 12.1. The summed E-state index contributed by atoms with van der Waals surface area (Å²) in [6.07, 6.45) is -4.50. The molecule has 0 bridgehead atoms. The number of nitrogens with two attached hydrogens (primary N) is 1. The first kappa shape index (κ1) is 17.9. The van der Waals surface area contributed by atoms with Gasteiger partial charge in [0.05, 0.1) is 22.2 Å². The van der Waals surface area contributed by atoms with Gasteiger partial charge in [0, 0.05) is 0 Å². The van der Waals surface area contributed by atoms with Crippen LogP contribution in [-0.2, 0) is 11.6 Å². The van der Waals surface area contributed by atoms with Crippen molar-refractivity contribution in [2.24, 2.45) is 11.7 Å². The Balaban J connectivity index is 2.43. The Hall–Kier alpha value is -2.95. The van der Waals surface area contributed by atoms with Crippen LogP contribution < -0.4 is 10.5 Å². The maximum atomic E-state index is 13.3. The molecule has 8 heteroatoms. The van der Waals surface area contributed by atoms with Gasteiger partial charge in [-0.3, -0.25) is 0 Å². The van der Waals surface area contributed by atoms with Crippen molar-refractivity contribution in [3.8, 4) is 11.9 Å². The molecule has 2 aromatic rings. The van der Waals surface area contributed by atoms with Gasteiger partial charge in [-0.15, -0.1) is 0 Å². The van der Waals surface area contributed by atoms with Crippen LogP contribution in [0.3, 0.4) is 0 Å². The summed E-state index contributed by atoms with van der Waals surface area (Å²) in [5, 5.41) is 16.6. The van der Waals surface area contributed by atoms with Crippen LogP contribution in [0.25, 0.3) is 0 Å². The maximum Gasteiger partial charge on any atom is 0.416 e. The quantitative estimate of drug-likeness (QED) is 0.851. The Morgan fingerprint density at radius 1 is 1.35 bits per heavy atom. The number of allylic oxidation sites excluding steroid dienone is 1. The summed E-state index contributed by atoms with van der Waals surface area (Å²) in [4.78, 5) is 0. The van der Waals surface area contributed by atoms with Crippen LogP contribution in [0.5, 0.6) is 5.88 Å². The Morgan fingerprint density at radius 3 is 2.62 bits per heavy atom. The second-order valence-corrected chi connectivity index (χ2v) is 6.51. The predicted octanol–water partition coefficient (Wildman–Crippen LogP) is 3.77. The Kier molecular flexibility index (Phi) is 3.98. The molecule has 0 radical (unpaired) electrons. The third kappa shape index (κ3) is 2.35. The number of hydrogen-bond donors (Lipinski definition) is 2. The van der Waals surface area contributed by atoms with Crippen molar-refractivity contribution >= 4 is 0 Å². The van der Waals surface area contributed by atoms with Gasteiger partial charge in [0.1, 0.15) is 11.6 Å². The van der Waals surface area contributed by atoms with E-state index in [4.69, 9.17) is 10.5 Å². The second kappa shape index (κ2) is 5.80. The molecule has 0 aliphatic carbocycles. The molecule has 0 spiro atoms. The molecule has 2 heterocycles. The first-order valence-electron chi connectivity index (χ1n) is 7.95. The average molecular weight is 362 g/mol. The van der Waals surface area contributed by atoms with Crippen molar-refractivity contribution < 1.29 is 17.9 Å². The lowest BCUT2D eigenvalue weighted by molar-refractivity contribution is -0.137. The number of aryl methyl sites for hydroxylation is 1. The minimum absolute atomic E-state index is 0.0730. The summed E-state index contributed by atoms with van der Waals surface area (Å²) in [5.41, 5.74) is 5.41. The van der Waals surface area contributed by atoms with Gasteiger partial charge in [-0.25, -0.2) is 5.10 Å². The SMILES string of the molecule is Cc1n[nH]c2c1C(c1cccc(C(F)(F)F)c1)(C(C)C)C(C#N)=C(N)O2. The summed E-state index contributed by atoms with van der Waals surface area (Å²) in [5.74, 6) is -0.196. The molecule has 0 fully saturated rings. The molecular formula is C18H17F3N4O. The maximum absolute atomic E-state index is 13.3. The molecule has 1 atom stereocenters. The number of halogens is 3. The lowest BCUT2D eigenvalue weighted by atomic mass is 9.61. The molecule has 136 valence electrons. The fourth-order valence-electron chi connectivity index (χ4n) is 3.71. The van der Waals surface area contributed by atoms with Crippen LogP contribution in [-0.4, -0.2) is 10.2 Å². The largest absolute Gasteiger partial charge is 0.422 e. The van der Waals surface area contributed by atoms with E-state index in [1.165, 1.54) is 6.07 Å². The molecular weight excluding hydrogens is 345 g/mol. The number of ether oxygens (including phenoxy) is 1. The molecule has 26 heavy (non-hydrogen) atoms. The molecule has 3 rings (SSSR count). The van der Waals surface area contributed by atoms with E-state index in [0.717, 1.165) is 12.1 Å². The molecule has 1 aromatic carbocycles. The summed E-state index contributed by atoms with van der Waals surface area (Å²) in [6, 6.07) is 7.01. The number of alkyl halides is 3. The normalized spacial score (nSPS) is 19.9. The first-order valence-corrected chi connectivity index (χ1v) is 7.95. The van der Waals surface area contributed by atoms with E-state index in [-0.39, 0.29) is 23.3 Å². The zero-order valence-electron chi connectivity index (χ0n) is 14.4. The molecule has 1 aliphatic heterocycles. The van der Waals surface area contributed by atoms with Crippen LogP contribution in [0.2, 0.25) is 0 Å². The third-order valence-electron chi connectivity index (χ3n) is 4.78. The minimum Gasteiger partial charge on any atom is -0.422 e. The Bertz CT molecular complexity index is 937. The standard InChI is InChI=1S/C18H17F3N4O/c1-9(2)17(11-5-4-6-12(7-11)18(19,20)21)13(8-22)15(23)26-16-14(17)10(3)24-25-16/h4-7,9H,23H2,1-3H3,(H,24,25). The molecule has 5 nitrogen and oxygen atoms in total. The number of hydrogen-bond acceptors (Lipinski definition) is 4. The number of nitriles is 1. The number of aromatic amines is 1. The van der Waals surface area contributed by atoms with E-state index in [1.54, 1.807) is 13.0 Å².